The fourth-order valence-electron chi connectivity index (χ4n) is 1.97. The Morgan fingerprint density at radius 1 is 1.22 bits per heavy atom. The lowest BCUT2D eigenvalue weighted by molar-refractivity contribution is -0.110. The number of fused-ring (bicyclic) bond motifs is 1. The predicted octanol–water partition coefficient (Wildman–Crippen LogP) is 3.23. The summed E-state index contributed by atoms with van der Waals surface area (Å²) in [7, 11) is 0. The van der Waals surface area contributed by atoms with E-state index in [9.17, 15) is 4.79 Å². The van der Waals surface area contributed by atoms with E-state index in [0.29, 0.717) is 10.6 Å². The van der Waals surface area contributed by atoms with Crippen molar-refractivity contribution in [3.8, 4) is 0 Å². The Labute approximate surface area is 109 Å². The molecule has 0 radical (unpaired) electrons. The molecule has 0 bridgehead atoms. The molecule has 0 saturated heterocycles. The van der Waals surface area contributed by atoms with Gasteiger partial charge >= 0.3 is 0 Å². The molecule has 3 rings (SSSR count). The third-order valence-corrected chi connectivity index (χ3v) is 3.09. The molecule has 1 aliphatic heterocycles. The van der Waals surface area contributed by atoms with E-state index in [4.69, 9.17) is 11.6 Å². The van der Waals surface area contributed by atoms with Gasteiger partial charge in [0, 0.05) is 18.0 Å². The van der Waals surface area contributed by atoms with Crippen molar-refractivity contribution in [2.45, 2.75) is 0 Å². The topological polar surface area (TPSA) is 42.0 Å². The van der Waals surface area contributed by atoms with Crippen LogP contribution in [0.4, 0.5) is 5.69 Å². The summed E-state index contributed by atoms with van der Waals surface area (Å²) in [5.41, 5.74) is 2.95. The Balaban J connectivity index is 2.15. The molecule has 1 aliphatic rings. The highest BCUT2D eigenvalue weighted by Gasteiger charge is 2.26. The number of hydrogen-bond acceptors (Lipinski definition) is 2. The maximum Gasteiger partial charge on any atom is 0.256 e. The standard InChI is InChI=1S/C14H9ClN2O/c15-11-4-1-5-12-13(11)10(14(18)17-12)7-9-3-2-6-16-8-9/h1-8H,(H,17,18)/b10-7+. The molecule has 0 aliphatic carbocycles. The molecule has 4 heteroatoms. The van der Waals surface area contributed by atoms with Gasteiger partial charge in [0.1, 0.15) is 0 Å². The van der Waals surface area contributed by atoms with Crippen LogP contribution in [0.2, 0.25) is 5.02 Å². The van der Waals surface area contributed by atoms with Crippen molar-refractivity contribution in [1.82, 2.24) is 4.98 Å². The number of hydrogen-bond donors (Lipinski definition) is 1. The third-order valence-electron chi connectivity index (χ3n) is 2.77. The molecule has 88 valence electrons. The zero-order valence-electron chi connectivity index (χ0n) is 9.35. The van der Waals surface area contributed by atoms with Gasteiger partial charge in [0.25, 0.3) is 5.91 Å². The summed E-state index contributed by atoms with van der Waals surface area (Å²) in [5, 5.41) is 3.37. The second-order valence-electron chi connectivity index (χ2n) is 3.96. The van der Waals surface area contributed by atoms with E-state index >= 15 is 0 Å². The van der Waals surface area contributed by atoms with E-state index in [0.717, 1.165) is 16.8 Å². The van der Waals surface area contributed by atoms with Gasteiger partial charge in [-0.2, -0.15) is 0 Å². The molecule has 2 heterocycles. The summed E-state index contributed by atoms with van der Waals surface area (Å²) in [5.74, 6) is -0.137. The molecule has 0 unspecified atom stereocenters. The molecule has 1 amide bonds. The highest BCUT2D eigenvalue weighted by Crippen LogP contribution is 2.37. The van der Waals surface area contributed by atoms with Gasteiger partial charge < -0.3 is 5.32 Å². The summed E-state index contributed by atoms with van der Waals surface area (Å²) in [6.45, 7) is 0. The van der Waals surface area contributed by atoms with Crippen molar-refractivity contribution in [2.75, 3.05) is 5.32 Å². The minimum Gasteiger partial charge on any atom is -0.321 e. The number of aromatic nitrogens is 1. The van der Waals surface area contributed by atoms with Crippen LogP contribution in [-0.4, -0.2) is 10.9 Å². The smallest absolute Gasteiger partial charge is 0.256 e. The van der Waals surface area contributed by atoms with Crippen LogP contribution in [0.5, 0.6) is 0 Å². The van der Waals surface area contributed by atoms with Gasteiger partial charge in [-0.05, 0) is 29.8 Å². The highest BCUT2D eigenvalue weighted by atomic mass is 35.5. The minimum absolute atomic E-state index is 0.137. The Morgan fingerprint density at radius 2 is 2.11 bits per heavy atom. The molecule has 0 fully saturated rings. The van der Waals surface area contributed by atoms with E-state index < -0.39 is 0 Å². The van der Waals surface area contributed by atoms with E-state index in [1.807, 2.05) is 24.3 Å². The van der Waals surface area contributed by atoms with Crippen LogP contribution in [0, 0.1) is 0 Å². The maximum atomic E-state index is 11.9. The minimum atomic E-state index is -0.137. The lowest BCUT2D eigenvalue weighted by Gasteiger charge is -2.01. The first-order valence-corrected chi connectivity index (χ1v) is 5.85. The van der Waals surface area contributed by atoms with Gasteiger partial charge in [0.05, 0.1) is 16.3 Å². The third kappa shape index (κ3) is 1.79. The van der Waals surface area contributed by atoms with Gasteiger partial charge in [-0.3, -0.25) is 9.78 Å². The fourth-order valence-corrected chi connectivity index (χ4v) is 2.25. The fraction of sp³-hybridized carbons (Fsp3) is 0. The lowest BCUT2D eigenvalue weighted by Crippen LogP contribution is -2.03. The summed E-state index contributed by atoms with van der Waals surface area (Å²) < 4.78 is 0. The molecule has 1 aromatic carbocycles. The number of carbonyl (C=O) groups is 1. The number of benzene rings is 1. The molecule has 0 saturated carbocycles. The quantitative estimate of drug-likeness (QED) is 0.796. The first-order chi connectivity index (χ1) is 8.75. The van der Waals surface area contributed by atoms with Crippen LogP contribution < -0.4 is 5.32 Å². The summed E-state index contributed by atoms with van der Waals surface area (Å²) in [4.78, 5) is 16.0. The second-order valence-corrected chi connectivity index (χ2v) is 4.37. The summed E-state index contributed by atoms with van der Waals surface area (Å²) in [6.07, 6.45) is 5.19. The van der Waals surface area contributed by atoms with Gasteiger partial charge in [0.2, 0.25) is 0 Å². The van der Waals surface area contributed by atoms with Gasteiger partial charge in [0.15, 0.2) is 0 Å². The molecular weight excluding hydrogens is 248 g/mol. The molecule has 3 nitrogen and oxygen atoms in total. The van der Waals surface area contributed by atoms with Crippen LogP contribution in [-0.2, 0) is 4.79 Å². The van der Waals surface area contributed by atoms with Crippen molar-refractivity contribution in [2.24, 2.45) is 0 Å². The second kappa shape index (κ2) is 4.27. The van der Waals surface area contributed by atoms with Crippen LogP contribution in [0.1, 0.15) is 11.1 Å². The van der Waals surface area contributed by atoms with Crippen molar-refractivity contribution in [3.05, 3.63) is 58.9 Å². The normalized spacial score (nSPS) is 15.6. The summed E-state index contributed by atoms with van der Waals surface area (Å²) >= 11 is 6.15. The van der Waals surface area contributed by atoms with Crippen molar-refractivity contribution in [1.29, 1.82) is 0 Å². The zero-order valence-corrected chi connectivity index (χ0v) is 10.1. The lowest BCUT2D eigenvalue weighted by atomic mass is 10.0. The number of nitrogens with zero attached hydrogens (tertiary/aromatic N) is 1. The number of halogens is 1. The number of anilines is 1. The SMILES string of the molecule is O=C1Nc2cccc(Cl)c2/C1=C\c1cccnc1. The number of pyridine rings is 1. The molecule has 1 N–H and O–H groups in total. The Morgan fingerprint density at radius 3 is 2.89 bits per heavy atom. The zero-order chi connectivity index (χ0) is 12.5. The Bertz CT molecular complexity index is 650. The first-order valence-electron chi connectivity index (χ1n) is 5.47. The van der Waals surface area contributed by atoms with E-state index in [2.05, 4.69) is 10.3 Å². The van der Waals surface area contributed by atoms with Gasteiger partial charge in [-0.1, -0.05) is 23.7 Å². The first kappa shape index (κ1) is 11.0. The number of nitrogens with one attached hydrogen (secondary N) is 1. The monoisotopic (exact) mass is 256 g/mol. The van der Waals surface area contributed by atoms with Crippen LogP contribution in [0.15, 0.2) is 42.7 Å². The highest BCUT2D eigenvalue weighted by molar-refractivity contribution is 6.41. The number of amides is 1. The van der Waals surface area contributed by atoms with E-state index in [1.54, 1.807) is 24.5 Å². The van der Waals surface area contributed by atoms with Crippen molar-refractivity contribution < 1.29 is 4.79 Å². The molecule has 2 aromatic rings. The number of rotatable bonds is 1. The average molecular weight is 257 g/mol. The molecule has 18 heavy (non-hydrogen) atoms. The molecular formula is C14H9ClN2O. The molecule has 0 atom stereocenters. The van der Waals surface area contributed by atoms with Crippen molar-refractivity contribution >= 4 is 34.8 Å². The van der Waals surface area contributed by atoms with Gasteiger partial charge in [-0.25, -0.2) is 0 Å². The average Bonchev–Trinajstić information content (AvgIpc) is 2.69. The Kier molecular flexibility index (Phi) is 2.61. The van der Waals surface area contributed by atoms with Crippen LogP contribution >= 0.6 is 11.6 Å². The largest absolute Gasteiger partial charge is 0.321 e. The molecule has 1 aromatic heterocycles. The maximum absolute atomic E-state index is 11.9. The Hall–Kier alpha value is -2.13. The van der Waals surface area contributed by atoms with E-state index in [-0.39, 0.29) is 5.91 Å². The summed E-state index contributed by atoms with van der Waals surface area (Å²) in [6, 6.07) is 9.14. The van der Waals surface area contributed by atoms with Crippen molar-refractivity contribution in [3.63, 3.8) is 0 Å². The van der Waals surface area contributed by atoms with Crippen LogP contribution in [0.3, 0.4) is 0 Å². The van der Waals surface area contributed by atoms with Crippen LogP contribution in [0.25, 0.3) is 11.6 Å². The van der Waals surface area contributed by atoms with Gasteiger partial charge in [-0.15, -0.1) is 0 Å². The number of carbonyl (C=O) groups excluding carboxylic acids is 1. The molecule has 0 spiro atoms. The predicted molar refractivity (Wildman–Crippen MR) is 72.2 cm³/mol. The van der Waals surface area contributed by atoms with E-state index in [1.165, 1.54) is 0 Å².